The van der Waals surface area contributed by atoms with Gasteiger partial charge in [0.05, 0.1) is 5.69 Å². The van der Waals surface area contributed by atoms with Crippen molar-refractivity contribution in [3.8, 4) is 0 Å². The van der Waals surface area contributed by atoms with E-state index in [0.29, 0.717) is 0 Å². The fraction of sp³-hybridized carbons (Fsp3) is 0.438. The second-order valence-corrected chi connectivity index (χ2v) is 6.06. The summed E-state index contributed by atoms with van der Waals surface area (Å²) in [6.07, 6.45) is 1.98. The van der Waals surface area contributed by atoms with Crippen molar-refractivity contribution in [3.63, 3.8) is 0 Å². The van der Waals surface area contributed by atoms with Gasteiger partial charge in [-0.2, -0.15) is 0 Å². The van der Waals surface area contributed by atoms with Gasteiger partial charge in [-0.25, -0.2) is 0 Å². The summed E-state index contributed by atoms with van der Waals surface area (Å²) in [5, 5.41) is 13.5. The molecule has 0 amide bonds. The minimum absolute atomic E-state index is 0.843. The van der Waals surface area contributed by atoms with Crippen LogP contribution in [0.3, 0.4) is 0 Å². The highest BCUT2D eigenvalue weighted by Crippen LogP contribution is 2.19. The van der Waals surface area contributed by atoms with Crippen LogP contribution in [-0.2, 0) is 20.1 Å². The Bertz CT molecular complexity index is 787. The van der Waals surface area contributed by atoms with Crippen LogP contribution in [-0.4, -0.2) is 56.1 Å². The van der Waals surface area contributed by atoms with E-state index in [0.717, 1.165) is 61.6 Å². The molecule has 0 bridgehead atoms. The summed E-state index contributed by atoms with van der Waals surface area (Å²) in [4.78, 5) is 4.85. The van der Waals surface area contributed by atoms with Gasteiger partial charge in [0.25, 0.3) is 0 Å². The molecule has 7 nitrogen and oxygen atoms in total. The van der Waals surface area contributed by atoms with Gasteiger partial charge in [0.1, 0.15) is 5.69 Å². The van der Waals surface area contributed by atoms with E-state index < -0.39 is 0 Å². The van der Waals surface area contributed by atoms with E-state index in [-0.39, 0.29) is 0 Å². The minimum Gasteiger partial charge on any atom is -0.356 e. The SMILES string of the molecule is Cn1cc(CN2CCN(Cc3noc4ccccc34)CC2)nn1. The number of piperazine rings is 1. The molecule has 2 aromatic heterocycles. The second-order valence-electron chi connectivity index (χ2n) is 6.06. The largest absolute Gasteiger partial charge is 0.356 e. The highest BCUT2D eigenvalue weighted by atomic mass is 16.5. The lowest BCUT2D eigenvalue weighted by Gasteiger charge is -2.33. The van der Waals surface area contributed by atoms with Crippen molar-refractivity contribution < 1.29 is 4.52 Å². The fourth-order valence-corrected chi connectivity index (χ4v) is 3.07. The average Bonchev–Trinajstić information content (AvgIpc) is 3.16. The normalized spacial score (nSPS) is 17.1. The predicted molar refractivity (Wildman–Crippen MR) is 85.6 cm³/mol. The maximum Gasteiger partial charge on any atom is 0.167 e. The van der Waals surface area contributed by atoms with E-state index >= 15 is 0 Å². The van der Waals surface area contributed by atoms with Gasteiger partial charge in [0.2, 0.25) is 0 Å². The summed E-state index contributed by atoms with van der Waals surface area (Å²) in [6.45, 7) is 5.84. The quantitative estimate of drug-likeness (QED) is 0.723. The zero-order chi connectivity index (χ0) is 15.6. The van der Waals surface area contributed by atoms with Crippen molar-refractivity contribution in [1.29, 1.82) is 0 Å². The van der Waals surface area contributed by atoms with Gasteiger partial charge in [-0.1, -0.05) is 22.5 Å². The average molecular weight is 312 g/mol. The summed E-state index contributed by atoms with van der Waals surface area (Å²) in [7, 11) is 1.90. The maximum absolute atomic E-state index is 5.39. The molecule has 0 unspecified atom stereocenters. The molecule has 3 heterocycles. The van der Waals surface area contributed by atoms with E-state index in [1.165, 1.54) is 0 Å². The van der Waals surface area contributed by atoms with Crippen molar-refractivity contribution in [2.75, 3.05) is 26.2 Å². The number of hydrogen-bond donors (Lipinski definition) is 0. The number of para-hydroxylation sites is 1. The topological polar surface area (TPSA) is 63.2 Å². The van der Waals surface area contributed by atoms with Crippen LogP contribution in [0.1, 0.15) is 11.4 Å². The molecular weight excluding hydrogens is 292 g/mol. The molecule has 0 atom stereocenters. The third-order valence-corrected chi connectivity index (χ3v) is 4.33. The number of benzene rings is 1. The third-order valence-electron chi connectivity index (χ3n) is 4.33. The van der Waals surface area contributed by atoms with Crippen molar-refractivity contribution >= 4 is 11.0 Å². The van der Waals surface area contributed by atoms with Crippen LogP contribution in [0.25, 0.3) is 11.0 Å². The molecule has 0 saturated carbocycles. The van der Waals surface area contributed by atoms with Crippen LogP contribution in [0, 0.1) is 0 Å². The monoisotopic (exact) mass is 312 g/mol. The van der Waals surface area contributed by atoms with Crippen molar-refractivity contribution in [1.82, 2.24) is 30.0 Å². The smallest absolute Gasteiger partial charge is 0.167 e. The highest BCUT2D eigenvalue weighted by molar-refractivity contribution is 5.79. The van der Waals surface area contributed by atoms with Crippen LogP contribution < -0.4 is 0 Å². The lowest BCUT2D eigenvalue weighted by Crippen LogP contribution is -2.45. The minimum atomic E-state index is 0.843. The van der Waals surface area contributed by atoms with E-state index in [4.69, 9.17) is 4.52 Å². The van der Waals surface area contributed by atoms with Crippen LogP contribution in [0.2, 0.25) is 0 Å². The molecular formula is C16H20N6O. The molecule has 4 rings (SSSR count). The number of fused-ring (bicyclic) bond motifs is 1. The molecule has 0 N–H and O–H groups in total. The molecule has 0 aliphatic carbocycles. The molecule has 1 aromatic carbocycles. The summed E-state index contributed by atoms with van der Waals surface area (Å²) in [5.74, 6) is 0. The highest BCUT2D eigenvalue weighted by Gasteiger charge is 2.20. The summed E-state index contributed by atoms with van der Waals surface area (Å²) < 4.78 is 7.14. The molecule has 120 valence electrons. The Balaban J connectivity index is 1.34. The van der Waals surface area contributed by atoms with Crippen molar-refractivity contribution in [3.05, 3.63) is 41.9 Å². The van der Waals surface area contributed by atoms with Gasteiger partial charge in [0, 0.05) is 57.9 Å². The van der Waals surface area contributed by atoms with Gasteiger partial charge < -0.3 is 4.52 Å². The molecule has 1 aliphatic heterocycles. The number of aromatic nitrogens is 4. The standard InChI is InChI=1S/C16H20N6O/c1-20-10-13(17-19-20)11-21-6-8-22(9-7-21)12-15-14-4-2-3-5-16(14)23-18-15/h2-5,10H,6-9,11-12H2,1H3. The lowest BCUT2D eigenvalue weighted by molar-refractivity contribution is 0.119. The van der Waals surface area contributed by atoms with Gasteiger partial charge in [-0.15, -0.1) is 5.10 Å². The van der Waals surface area contributed by atoms with Crippen LogP contribution in [0.5, 0.6) is 0 Å². The van der Waals surface area contributed by atoms with Gasteiger partial charge in [-0.3, -0.25) is 14.5 Å². The first-order valence-corrected chi connectivity index (χ1v) is 7.91. The van der Waals surface area contributed by atoms with E-state index in [1.54, 1.807) is 4.68 Å². The molecule has 23 heavy (non-hydrogen) atoms. The van der Waals surface area contributed by atoms with E-state index in [1.807, 2.05) is 31.4 Å². The summed E-state index contributed by atoms with van der Waals surface area (Å²) >= 11 is 0. The fourth-order valence-electron chi connectivity index (χ4n) is 3.07. The summed E-state index contributed by atoms with van der Waals surface area (Å²) in [5.41, 5.74) is 2.93. The Morgan fingerprint density at radius 1 is 1.04 bits per heavy atom. The first kappa shape index (κ1) is 14.3. The number of nitrogens with zero attached hydrogens (tertiary/aromatic N) is 6. The number of hydrogen-bond acceptors (Lipinski definition) is 6. The molecule has 1 aliphatic rings. The summed E-state index contributed by atoms with van der Waals surface area (Å²) in [6, 6.07) is 8.04. The third kappa shape index (κ3) is 3.11. The van der Waals surface area contributed by atoms with E-state index in [2.05, 4.69) is 31.3 Å². The molecule has 0 radical (unpaired) electrons. The Hall–Kier alpha value is -2.25. The Labute approximate surface area is 134 Å². The predicted octanol–water partition coefficient (Wildman–Crippen LogP) is 1.27. The molecule has 0 spiro atoms. The first-order valence-electron chi connectivity index (χ1n) is 7.91. The molecule has 7 heteroatoms. The van der Waals surface area contributed by atoms with Gasteiger partial charge in [-0.05, 0) is 12.1 Å². The van der Waals surface area contributed by atoms with Crippen molar-refractivity contribution in [2.45, 2.75) is 13.1 Å². The Kier molecular flexibility index (Phi) is 3.80. The maximum atomic E-state index is 5.39. The van der Waals surface area contributed by atoms with Gasteiger partial charge in [0.15, 0.2) is 5.58 Å². The number of rotatable bonds is 4. The van der Waals surface area contributed by atoms with E-state index in [9.17, 15) is 0 Å². The Morgan fingerprint density at radius 3 is 2.52 bits per heavy atom. The zero-order valence-corrected chi connectivity index (χ0v) is 13.2. The van der Waals surface area contributed by atoms with Crippen molar-refractivity contribution in [2.24, 2.45) is 7.05 Å². The van der Waals surface area contributed by atoms with Crippen LogP contribution in [0.4, 0.5) is 0 Å². The zero-order valence-electron chi connectivity index (χ0n) is 13.2. The van der Waals surface area contributed by atoms with Gasteiger partial charge >= 0.3 is 0 Å². The number of aryl methyl sites for hydroxylation is 1. The molecule has 1 saturated heterocycles. The first-order chi connectivity index (χ1) is 11.3. The molecule has 3 aromatic rings. The lowest BCUT2D eigenvalue weighted by atomic mass is 10.2. The molecule has 1 fully saturated rings. The van der Waals surface area contributed by atoms with Crippen LogP contribution >= 0.6 is 0 Å². The Morgan fingerprint density at radius 2 is 1.78 bits per heavy atom. The second kappa shape index (κ2) is 6.10. The van der Waals surface area contributed by atoms with Crippen LogP contribution in [0.15, 0.2) is 35.0 Å².